The molecule has 72 valence electrons. The number of benzene rings is 1. The molecule has 0 aromatic heterocycles. The molecule has 14 heavy (non-hydrogen) atoms. The predicted molar refractivity (Wildman–Crippen MR) is 53.9 cm³/mol. The van der Waals surface area contributed by atoms with E-state index in [1.165, 1.54) is 0 Å². The first-order chi connectivity index (χ1) is 6.79. The van der Waals surface area contributed by atoms with Crippen molar-refractivity contribution in [3.05, 3.63) is 41.5 Å². The van der Waals surface area contributed by atoms with Crippen molar-refractivity contribution in [3.8, 4) is 0 Å². The molecule has 1 aromatic rings. The summed E-state index contributed by atoms with van der Waals surface area (Å²) in [6.45, 7) is 1.10. The Morgan fingerprint density at radius 1 is 1.21 bits per heavy atom. The standard InChI is InChI=1S/C11H11NO2/c13-11(14)10-7-12-6-9(10)8-4-2-1-3-5-8/h1-5,12H,6-7H2,(H,13,14). The van der Waals surface area contributed by atoms with Gasteiger partial charge in [0.05, 0.1) is 5.57 Å². The molecule has 0 atom stereocenters. The smallest absolute Gasteiger partial charge is 0.333 e. The van der Waals surface area contributed by atoms with Gasteiger partial charge in [-0.15, -0.1) is 0 Å². The fraction of sp³-hybridized carbons (Fsp3) is 0.182. The second-order valence-electron chi connectivity index (χ2n) is 3.23. The Hall–Kier alpha value is -1.61. The zero-order valence-corrected chi connectivity index (χ0v) is 7.66. The van der Waals surface area contributed by atoms with Crippen LogP contribution >= 0.6 is 0 Å². The Morgan fingerprint density at radius 2 is 1.93 bits per heavy atom. The maximum absolute atomic E-state index is 10.9. The van der Waals surface area contributed by atoms with Crippen LogP contribution in [0.5, 0.6) is 0 Å². The van der Waals surface area contributed by atoms with E-state index in [-0.39, 0.29) is 0 Å². The molecule has 1 aliphatic rings. The van der Waals surface area contributed by atoms with E-state index >= 15 is 0 Å². The van der Waals surface area contributed by atoms with Gasteiger partial charge in [0, 0.05) is 13.1 Å². The van der Waals surface area contributed by atoms with E-state index < -0.39 is 5.97 Å². The normalized spacial score (nSPS) is 16.0. The van der Waals surface area contributed by atoms with Crippen LogP contribution in [0.3, 0.4) is 0 Å². The van der Waals surface area contributed by atoms with Gasteiger partial charge < -0.3 is 10.4 Å². The fourth-order valence-electron chi connectivity index (χ4n) is 1.65. The molecule has 3 heteroatoms. The van der Waals surface area contributed by atoms with Crippen LogP contribution < -0.4 is 5.32 Å². The van der Waals surface area contributed by atoms with Crippen LogP contribution in [0, 0.1) is 0 Å². The van der Waals surface area contributed by atoms with Gasteiger partial charge in [-0.05, 0) is 11.1 Å². The van der Waals surface area contributed by atoms with Crippen LogP contribution in [-0.2, 0) is 4.79 Å². The summed E-state index contributed by atoms with van der Waals surface area (Å²) < 4.78 is 0. The average molecular weight is 189 g/mol. The largest absolute Gasteiger partial charge is 0.478 e. The lowest BCUT2D eigenvalue weighted by Crippen LogP contribution is -2.11. The zero-order chi connectivity index (χ0) is 9.97. The summed E-state index contributed by atoms with van der Waals surface area (Å²) in [5.74, 6) is -0.825. The van der Waals surface area contributed by atoms with E-state index in [1.54, 1.807) is 0 Å². The molecule has 0 saturated heterocycles. The van der Waals surface area contributed by atoms with Gasteiger partial charge in [0.1, 0.15) is 0 Å². The average Bonchev–Trinajstić information content (AvgIpc) is 2.67. The first kappa shape index (κ1) is 8.97. The molecule has 0 unspecified atom stereocenters. The molecule has 0 aliphatic carbocycles. The number of carboxylic acids is 1. The highest BCUT2D eigenvalue weighted by atomic mass is 16.4. The molecule has 0 amide bonds. The second-order valence-corrected chi connectivity index (χ2v) is 3.23. The Balaban J connectivity index is 2.43. The number of aliphatic carboxylic acids is 1. The number of carboxylic acid groups (broad SMARTS) is 1. The van der Waals surface area contributed by atoms with Gasteiger partial charge in [-0.2, -0.15) is 0 Å². The van der Waals surface area contributed by atoms with E-state index in [9.17, 15) is 4.79 Å². The van der Waals surface area contributed by atoms with Crippen LogP contribution in [0.4, 0.5) is 0 Å². The summed E-state index contributed by atoms with van der Waals surface area (Å²) in [6.07, 6.45) is 0. The highest BCUT2D eigenvalue weighted by molar-refractivity contribution is 5.98. The molecule has 0 fully saturated rings. The molecule has 1 aromatic carbocycles. The monoisotopic (exact) mass is 189 g/mol. The zero-order valence-electron chi connectivity index (χ0n) is 7.66. The van der Waals surface area contributed by atoms with Crippen LogP contribution in [0.1, 0.15) is 5.56 Å². The lowest BCUT2D eigenvalue weighted by Gasteiger charge is -2.02. The third-order valence-corrected chi connectivity index (χ3v) is 2.35. The molecule has 1 heterocycles. The molecule has 2 rings (SSSR count). The topological polar surface area (TPSA) is 49.3 Å². The van der Waals surface area contributed by atoms with Crippen LogP contribution in [0.2, 0.25) is 0 Å². The third-order valence-electron chi connectivity index (χ3n) is 2.35. The van der Waals surface area contributed by atoms with E-state index in [0.717, 1.165) is 11.1 Å². The Morgan fingerprint density at radius 3 is 2.57 bits per heavy atom. The summed E-state index contributed by atoms with van der Waals surface area (Å²) in [6, 6.07) is 9.63. The van der Waals surface area contributed by atoms with Crippen LogP contribution in [-0.4, -0.2) is 24.2 Å². The minimum Gasteiger partial charge on any atom is -0.478 e. The summed E-state index contributed by atoms with van der Waals surface area (Å²) >= 11 is 0. The number of hydrogen-bond donors (Lipinski definition) is 2. The fourth-order valence-corrected chi connectivity index (χ4v) is 1.65. The summed E-state index contributed by atoms with van der Waals surface area (Å²) in [5.41, 5.74) is 2.38. The number of carbonyl (C=O) groups is 1. The summed E-state index contributed by atoms with van der Waals surface area (Å²) in [4.78, 5) is 10.9. The van der Waals surface area contributed by atoms with Crippen molar-refractivity contribution in [1.29, 1.82) is 0 Å². The SMILES string of the molecule is O=C(O)C1=C(c2ccccc2)CNC1. The number of hydrogen-bond acceptors (Lipinski definition) is 2. The maximum Gasteiger partial charge on any atom is 0.333 e. The summed E-state index contributed by atoms with van der Waals surface area (Å²) in [5, 5.41) is 12.0. The molecule has 0 radical (unpaired) electrons. The molecule has 0 spiro atoms. The van der Waals surface area contributed by atoms with Gasteiger partial charge in [-0.3, -0.25) is 0 Å². The van der Waals surface area contributed by atoms with E-state index in [1.807, 2.05) is 30.3 Å². The minimum atomic E-state index is -0.825. The minimum absolute atomic E-state index is 0.458. The van der Waals surface area contributed by atoms with Gasteiger partial charge in [0.2, 0.25) is 0 Å². The van der Waals surface area contributed by atoms with E-state index in [2.05, 4.69) is 5.32 Å². The predicted octanol–water partition coefficient (Wildman–Crippen LogP) is 1.13. The van der Waals surface area contributed by atoms with Crippen molar-refractivity contribution >= 4 is 11.5 Å². The van der Waals surface area contributed by atoms with Crippen LogP contribution in [0.25, 0.3) is 5.57 Å². The molecule has 1 aliphatic heterocycles. The van der Waals surface area contributed by atoms with Crippen molar-refractivity contribution in [2.45, 2.75) is 0 Å². The van der Waals surface area contributed by atoms with Gasteiger partial charge in [0.25, 0.3) is 0 Å². The molecule has 0 bridgehead atoms. The van der Waals surface area contributed by atoms with Gasteiger partial charge in [0.15, 0.2) is 0 Å². The molecular weight excluding hydrogens is 178 g/mol. The van der Waals surface area contributed by atoms with Crippen molar-refractivity contribution in [3.63, 3.8) is 0 Å². The highest BCUT2D eigenvalue weighted by Crippen LogP contribution is 2.21. The molecule has 3 nitrogen and oxygen atoms in total. The highest BCUT2D eigenvalue weighted by Gasteiger charge is 2.20. The molecular formula is C11H11NO2. The van der Waals surface area contributed by atoms with Gasteiger partial charge in [-0.1, -0.05) is 30.3 Å². The second kappa shape index (κ2) is 3.64. The molecule has 0 saturated carbocycles. The van der Waals surface area contributed by atoms with Crippen molar-refractivity contribution in [2.24, 2.45) is 0 Å². The van der Waals surface area contributed by atoms with Crippen molar-refractivity contribution in [2.75, 3.05) is 13.1 Å². The number of rotatable bonds is 2. The van der Waals surface area contributed by atoms with Crippen LogP contribution in [0.15, 0.2) is 35.9 Å². The first-order valence-electron chi connectivity index (χ1n) is 4.50. The van der Waals surface area contributed by atoms with Crippen molar-refractivity contribution < 1.29 is 9.90 Å². The van der Waals surface area contributed by atoms with Crippen molar-refractivity contribution in [1.82, 2.24) is 5.32 Å². The Labute approximate surface area is 82.1 Å². The Bertz CT molecular complexity index is 382. The summed E-state index contributed by atoms with van der Waals surface area (Å²) in [7, 11) is 0. The van der Waals surface area contributed by atoms with E-state index in [4.69, 9.17) is 5.11 Å². The van der Waals surface area contributed by atoms with Gasteiger partial charge in [-0.25, -0.2) is 4.79 Å². The van der Waals surface area contributed by atoms with E-state index in [0.29, 0.717) is 18.7 Å². The lowest BCUT2D eigenvalue weighted by atomic mass is 10.0. The first-order valence-corrected chi connectivity index (χ1v) is 4.50. The Kier molecular flexibility index (Phi) is 2.33. The maximum atomic E-state index is 10.9. The quantitative estimate of drug-likeness (QED) is 0.733. The molecule has 2 N–H and O–H groups in total. The number of nitrogens with one attached hydrogen (secondary N) is 1. The van der Waals surface area contributed by atoms with Gasteiger partial charge >= 0.3 is 5.97 Å². The lowest BCUT2D eigenvalue weighted by molar-refractivity contribution is -0.132. The third kappa shape index (κ3) is 1.54.